The van der Waals surface area contributed by atoms with Crippen LogP contribution in [0.15, 0.2) is 36.8 Å². The fourth-order valence-electron chi connectivity index (χ4n) is 3.23. The van der Waals surface area contributed by atoms with Crippen LogP contribution in [0.1, 0.15) is 35.3 Å². The van der Waals surface area contributed by atoms with Gasteiger partial charge >= 0.3 is 0 Å². The SMILES string of the molecule is Cn1cncc1C(=O)N1CCC[C@@H](CCc2ccc(F)cc2)C1. The van der Waals surface area contributed by atoms with Crippen molar-refractivity contribution in [1.82, 2.24) is 14.5 Å². The molecule has 5 heteroatoms. The van der Waals surface area contributed by atoms with Crippen LogP contribution in [0, 0.1) is 11.7 Å². The smallest absolute Gasteiger partial charge is 0.272 e. The molecule has 0 radical (unpaired) electrons. The number of benzene rings is 1. The van der Waals surface area contributed by atoms with Crippen LogP contribution in [0.3, 0.4) is 0 Å². The summed E-state index contributed by atoms with van der Waals surface area (Å²) in [6.45, 7) is 1.61. The van der Waals surface area contributed by atoms with Crippen LogP contribution in [0.5, 0.6) is 0 Å². The predicted octanol–water partition coefficient (Wildman–Crippen LogP) is 3.04. The summed E-state index contributed by atoms with van der Waals surface area (Å²) in [4.78, 5) is 18.5. The Labute approximate surface area is 135 Å². The monoisotopic (exact) mass is 315 g/mol. The number of imidazole rings is 1. The van der Waals surface area contributed by atoms with Gasteiger partial charge in [0, 0.05) is 20.1 Å². The van der Waals surface area contributed by atoms with Gasteiger partial charge in [0.05, 0.1) is 12.5 Å². The lowest BCUT2D eigenvalue weighted by Gasteiger charge is -2.32. The molecule has 4 nitrogen and oxygen atoms in total. The van der Waals surface area contributed by atoms with Crippen molar-refractivity contribution in [3.05, 3.63) is 53.9 Å². The molecule has 0 saturated carbocycles. The fraction of sp³-hybridized carbons (Fsp3) is 0.444. The molecule has 1 fully saturated rings. The van der Waals surface area contributed by atoms with Crippen molar-refractivity contribution >= 4 is 5.91 Å². The second-order valence-electron chi connectivity index (χ2n) is 6.31. The Morgan fingerprint density at radius 1 is 1.35 bits per heavy atom. The van der Waals surface area contributed by atoms with Crippen molar-refractivity contribution in [3.63, 3.8) is 0 Å². The number of halogens is 1. The standard InChI is InChI=1S/C18H22FN3O/c1-21-13-20-11-17(21)18(23)22-10-2-3-15(12-22)5-4-14-6-8-16(19)9-7-14/h6-9,11,13,15H,2-5,10,12H2,1H3/t15-/m0/s1. The number of likely N-dealkylation sites (tertiary alicyclic amines) is 1. The van der Waals surface area contributed by atoms with E-state index in [-0.39, 0.29) is 11.7 Å². The number of hydrogen-bond donors (Lipinski definition) is 0. The number of rotatable bonds is 4. The molecule has 1 saturated heterocycles. The van der Waals surface area contributed by atoms with Crippen LogP contribution in [0.2, 0.25) is 0 Å². The van der Waals surface area contributed by atoms with Crippen LogP contribution < -0.4 is 0 Å². The van der Waals surface area contributed by atoms with Crippen LogP contribution in [0.25, 0.3) is 0 Å². The van der Waals surface area contributed by atoms with Crippen LogP contribution in [-0.2, 0) is 13.5 Å². The maximum atomic E-state index is 12.9. The molecule has 3 rings (SSSR count). The van der Waals surface area contributed by atoms with Crippen molar-refractivity contribution in [2.75, 3.05) is 13.1 Å². The fourth-order valence-corrected chi connectivity index (χ4v) is 3.23. The second-order valence-corrected chi connectivity index (χ2v) is 6.31. The van der Waals surface area contributed by atoms with Gasteiger partial charge in [-0.1, -0.05) is 12.1 Å². The first-order valence-corrected chi connectivity index (χ1v) is 8.13. The highest BCUT2D eigenvalue weighted by molar-refractivity contribution is 5.92. The van der Waals surface area contributed by atoms with E-state index in [1.54, 1.807) is 17.1 Å². The van der Waals surface area contributed by atoms with Crippen LogP contribution in [-0.4, -0.2) is 33.4 Å². The summed E-state index contributed by atoms with van der Waals surface area (Å²) in [6, 6.07) is 6.70. The number of nitrogens with zero attached hydrogens (tertiary/aromatic N) is 3. The Hall–Kier alpha value is -2.17. The van der Waals surface area contributed by atoms with Crippen molar-refractivity contribution < 1.29 is 9.18 Å². The molecule has 0 aliphatic carbocycles. The van der Waals surface area contributed by atoms with E-state index in [4.69, 9.17) is 0 Å². The van der Waals surface area contributed by atoms with E-state index in [0.717, 1.165) is 44.3 Å². The van der Waals surface area contributed by atoms with Gasteiger partial charge in [0.25, 0.3) is 5.91 Å². The summed E-state index contributed by atoms with van der Waals surface area (Å²) in [7, 11) is 1.84. The third kappa shape index (κ3) is 3.78. The number of amides is 1. The summed E-state index contributed by atoms with van der Waals surface area (Å²) < 4.78 is 14.7. The topological polar surface area (TPSA) is 38.1 Å². The minimum absolute atomic E-state index is 0.0662. The lowest BCUT2D eigenvalue weighted by Crippen LogP contribution is -2.40. The summed E-state index contributed by atoms with van der Waals surface area (Å²) in [6.07, 6.45) is 7.43. The molecule has 1 aromatic heterocycles. The molecule has 2 heterocycles. The molecule has 1 amide bonds. The average Bonchev–Trinajstić information content (AvgIpc) is 3.00. The van der Waals surface area contributed by atoms with Crippen LogP contribution >= 0.6 is 0 Å². The molecule has 0 unspecified atom stereocenters. The molecule has 1 aliphatic rings. The summed E-state index contributed by atoms with van der Waals surface area (Å²) in [5, 5.41) is 0. The van der Waals surface area contributed by atoms with E-state index < -0.39 is 0 Å². The Kier molecular flexibility index (Phi) is 4.74. The van der Waals surface area contributed by atoms with Gasteiger partial charge in [-0.15, -0.1) is 0 Å². The van der Waals surface area contributed by atoms with Gasteiger partial charge in [0.1, 0.15) is 11.5 Å². The highest BCUT2D eigenvalue weighted by Crippen LogP contribution is 2.23. The summed E-state index contributed by atoms with van der Waals surface area (Å²) >= 11 is 0. The van der Waals surface area contributed by atoms with Crippen molar-refractivity contribution in [3.8, 4) is 0 Å². The van der Waals surface area contributed by atoms with E-state index in [2.05, 4.69) is 4.98 Å². The highest BCUT2D eigenvalue weighted by atomic mass is 19.1. The van der Waals surface area contributed by atoms with E-state index in [0.29, 0.717) is 11.6 Å². The summed E-state index contributed by atoms with van der Waals surface area (Å²) in [5.74, 6) is 0.377. The summed E-state index contributed by atoms with van der Waals surface area (Å²) in [5.41, 5.74) is 1.80. The van der Waals surface area contributed by atoms with Crippen molar-refractivity contribution in [1.29, 1.82) is 0 Å². The maximum Gasteiger partial charge on any atom is 0.272 e. The zero-order valence-corrected chi connectivity index (χ0v) is 13.4. The quantitative estimate of drug-likeness (QED) is 0.870. The Bertz CT molecular complexity index is 665. The van der Waals surface area contributed by atoms with Crippen molar-refractivity contribution in [2.45, 2.75) is 25.7 Å². The van der Waals surface area contributed by atoms with E-state index in [1.807, 2.05) is 24.1 Å². The van der Waals surface area contributed by atoms with Gasteiger partial charge in [-0.25, -0.2) is 9.37 Å². The molecule has 2 aromatic rings. The predicted molar refractivity (Wildman–Crippen MR) is 86.6 cm³/mol. The van der Waals surface area contributed by atoms with Gasteiger partial charge in [-0.3, -0.25) is 4.79 Å². The first kappa shape index (κ1) is 15.7. The number of carbonyl (C=O) groups is 1. The molecule has 1 atom stereocenters. The number of carbonyl (C=O) groups excluding carboxylic acids is 1. The molecule has 122 valence electrons. The van der Waals surface area contributed by atoms with Gasteiger partial charge in [0.15, 0.2) is 0 Å². The number of hydrogen-bond acceptors (Lipinski definition) is 2. The van der Waals surface area contributed by atoms with Gasteiger partial charge in [0.2, 0.25) is 0 Å². The molecule has 23 heavy (non-hydrogen) atoms. The number of aryl methyl sites for hydroxylation is 2. The number of piperidine rings is 1. The first-order valence-electron chi connectivity index (χ1n) is 8.13. The normalized spacial score (nSPS) is 18.2. The van der Waals surface area contributed by atoms with Crippen molar-refractivity contribution in [2.24, 2.45) is 13.0 Å². The second kappa shape index (κ2) is 6.94. The lowest BCUT2D eigenvalue weighted by molar-refractivity contribution is 0.0658. The maximum absolute atomic E-state index is 12.9. The molecule has 0 spiro atoms. The largest absolute Gasteiger partial charge is 0.337 e. The van der Waals surface area contributed by atoms with Crippen LogP contribution in [0.4, 0.5) is 4.39 Å². The Morgan fingerprint density at radius 2 is 2.13 bits per heavy atom. The van der Waals surface area contributed by atoms with E-state index >= 15 is 0 Å². The Balaban J connectivity index is 1.57. The molecular formula is C18H22FN3O. The first-order chi connectivity index (χ1) is 11.1. The van der Waals surface area contributed by atoms with E-state index in [9.17, 15) is 9.18 Å². The number of aromatic nitrogens is 2. The average molecular weight is 315 g/mol. The lowest BCUT2D eigenvalue weighted by atomic mass is 9.91. The van der Waals surface area contributed by atoms with Gasteiger partial charge < -0.3 is 9.47 Å². The molecule has 0 N–H and O–H groups in total. The van der Waals surface area contributed by atoms with Gasteiger partial charge in [-0.2, -0.15) is 0 Å². The molecular weight excluding hydrogens is 293 g/mol. The molecule has 1 aliphatic heterocycles. The van der Waals surface area contributed by atoms with E-state index in [1.165, 1.54) is 12.1 Å². The third-order valence-electron chi connectivity index (χ3n) is 4.60. The minimum Gasteiger partial charge on any atom is -0.337 e. The Morgan fingerprint density at radius 3 is 2.83 bits per heavy atom. The highest BCUT2D eigenvalue weighted by Gasteiger charge is 2.25. The molecule has 1 aromatic carbocycles. The zero-order chi connectivity index (χ0) is 16.2. The third-order valence-corrected chi connectivity index (χ3v) is 4.60. The van der Waals surface area contributed by atoms with Gasteiger partial charge in [-0.05, 0) is 49.3 Å². The minimum atomic E-state index is -0.195. The molecule has 0 bridgehead atoms. The zero-order valence-electron chi connectivity index (χ0n) is 13.4.